The summed E-state index contributed by atoms with van der Waals surface area (Å²) in [5, 5.41) is 18.9. The molecule has 0 aliphatic carbocycles. The van der Waals surface area contributed by atoms with Gasteiger partial charge in [0.2, 0.25) is 5.91 Å². The van der Waals surface area contributed by atoms with Crippen LogP contribution in [-0.2, 0) is 30.5 Å². The zero-order valence-electron chi connectivity index (χ0n) is 23.7. The maximum Gasteiger partial charge on any atom is 0.313 e. The van der Waals surface area contributed by atoms with Gasteiger partial charge in [-0.3, -0.25) is 14.4 Å². The van der Waals surface area contributed by atoms with Crippen molar-refractivity contribution in [3.05, 3.63) is 48.6 Å². The topological polar surface area (TPSA) is 127 Å². The summed E-state index contributed by atoms with van der Waals surface area (Å²) in [6, 6.07) is 5.75. The van der Waals surface area contributed by atoms with Gasteiger partial charge in [-0.05, 0) is 44.2 Å². The van der Waals surface area contributed by atoms with E-state index in [0.29, 0.717) is 5.52 Å². The van der Waals surface area contributed by atoms with Gasteiger partial charge in [-0.25, -0.2) is 4.68 Å². The van der Waals surface area contributed by atoms with Crippen LogP contribution in [0.25, 0.3) is 11.0 Å². The lowest BCUT2D eigenvalue weighted by Crippen LogP contribution is -2.59. The predicted octanol–water partition coefficient (Wildman–Crippen LogP) is 2.06. The number of nitrogens with zero attached hydrogens (tertiary/aromatic N) is 5. The van der Waals surface area contributed by atoms with E-state index >= 15 is 0 Å². The molecule has 0 bridgehead atoms. The number of fused-ring (bicyclic) bond motifs is 3. The Kier molecular flexibility index (Phi) is 6.97. The molecule has 11 heteroatoms. The van der Waals surface area contributed by atoms with Crippen molar-refractivity contribution < 1.29 is 29.0 Å². The lowest BCUT2D eigenvalue weighted by Gasteiger charge is -2.41. The van der Waals surface area contributed by atoms with Crippen LogP contribution >= 0.6 is 0 Å². The first-order chi connectivity index (χ1) is 19.7. The average Bonchev–Trinajstić information content (AvgIpc) is 3.50. The molecule has 6 rings (SSSR count). The molecule has 0 radical (unpaired) electrons. The molecule has 2 saturated heterocycles. The van der Waals surface area contributed by atoms with Crippen molar-refractivity contribution in [3.8, 4) is 0 Å². The van der Waals surface area contributed by atoms with Crippen molar-refractivity contribution in [2.24, 2.45) is 17.8 Å². The summed E-state index contributed by atoms with van der Waals surface area (Å²) >= 11 is 0. The molecule has 4 aliphatic rings. The van der Waals surface area contributed by atoms with Crippen LogP contribution < -0.4 is 0 Å². The van der Waals surface area contributed by atoms with E-state index in [4.69, 9.17) is 9.47 Å². The minimum atomic E-state index is -1.42. The van der Waals surface area contributed by atoms with Crippen LogP contribution in [0.4, 0.5) is 0 Å². The van der Waals surface area contributed by atoms with Crippen LogP contribution in [0, 0.1) is 17.8 Å². The lowest BCUT2D eigenvalue weighted by atomic mass is 9.74. The number of ether oxygens (including phenoxy) is 2. The number of amides is 2. The van der Waals surface area contributed by atoms with E-state index in [0.717, 1.165) is 24.8 Å². The summed E-state index contributed by atoms with van der Waals surface area (Å²) < 4.78 is 14.2. The summed E-state index contributed by atoms with van der Waals surface area (Å²) in [6.45, 7) is 5.88. The first-order valence-corrected chi connectivity index (χ1v) is 14.4. The minimum Gasteiger partial charge on any atom is -0.465 e. The maximum absolute atomic E-state index is 14.6. The van der Waals surface area contributed by atoms with Gasteiger partial charge in [0.05, 0.1) is 36.3 Å². The molecule has 218 valence electrons. The van der Waals surface area contributed by atoms with E-state index in [1.165, 1.54) is 4.90 Å². The standard InChI is InChI=1S/C30H37N5O6/c1-19(2)22(17-36)35-25-27(38)33(18-34-21-12-7-6-11-20(21)31-32-34)15-10-14-30(25)23(26(35)37)24-28(39)40-16-9-5-4-8-13-29(24,3)41-30/h6-8,10-14,19,22-25,36H,4-5,9,15-18H2,1-3H3/b13-8-/t22-,23-,24+,25?,29-,30-/m0/s1. The minimum absolute atomic E-state index is 0.108. The van der Waals surface area contributed by atoms with Crippen molar-refractivity contribution in [3.63, 3.8) is 0 Å². The summed E-state index contributed by atoms with van der Waals surface area (Å²) in [6.07, 6.45) is 9.87. The second-order valence-electron chi connectivity index (χ2n) is 12.0. The second-order valence-corrected chi connectivity index (χ2v) is 12.0. The first kappa shape index (κ1) is 27.6. The number of rotatable bonds is 5. The average molecular weight is 564 g/mol. The van der Waals surface area contributed by atoms with Crippen molar-refractivity contribution in [1.82, 2.24) is 24.8 Å². The van der Waals surface area contributed by atoms with Crippen molar-refractivity contribution in [2.75, 3.05) is 19.8 Å². The highest BCUT2D eigenvalue weighted by molar-refractivity contribution is 5.99. The number of hydrogen-bond donors (Lipinski definition) is 1. The number of cyclic esters (lactones) is 1. The fraction of sp³-hybridized carbons (Fsp3) is 0.567. The van der Waals surface area contributed by atoms with Gasteiger partial charge in [0.25, 0.3) is 5.91 Å². The molecule has 1 unspecified atom stereocenters. The third kappa shape index (κ3) is 4.28. The molecule has 0 saturated carbocycles. The molecule has 11 nitrogen and oxygen atoms in total. The number of para-hydroxylation sites is 1. The van der Waals surface area contributed by atoms with E-state index < -0.39 is 41.1 Å². The van der Waals surface area contributed by atoms with Crippen molar-refractivity contribution >= 4 is 28.8 Å². The molecule has 1 N–H and O–H groups in total. The number of aliphatic hydroxyl groups is 1. The van der Waals surface area contributed by atoms with Gasteiger partial charge >= 0.3 is 5.97 Å². The maximum atomic E-state index is 14.6. The fourth-order valence-electron chi connectivity index (χ4n) is 7.07. The van der Waals surface area contributed by atoms with Crippen LogP contribution in [0.3, 0.4) is 0 Å². The highest BCUT2D eigenvalue weighted by atomic mass is 16.6. The molecule has 1 spiro atoms. The summed E-state index contributed by atoms with van der Waals surface area (Å²) in [7, 11) is 0. The number of aliphatic hydroxyl groups excluding tert-OH is 1. The number of carbonyl (C=O) groups is 3. The smallest absolute Gasteiger partial charge is 0.313 e. The Bertz CT molecular complexity index is 1420. The Morgan fingerprint density at radius 1 is 1.07 bits per heavy atom. The zero-order valence-corrected chi connectivity index (χ0v) is 23.7. The third-order valence-corrected chi connectivity index (χ3v) is 9.06. The SMILES string of the molecule is CC(C)[C@H](CO)N1C(=O)[C@@H]2[C@@H]3C(=O)OCCCC/C=C\[C@]3(C)O[C@@]23C=CCN(Cn2nnc4ccccc42)C(=O)C13. The molecule has 1 aromatic heterocycles. The van der Waals surface area contributed by atoms with E-state index in [1.54, 1.807) is 22.6 Å². The van der Waals surface area contributed by atoms with Crippen LogP contribution in [0.5, 0.6) is 0 Å². The fourth-order valence-corrected chi connectivity index (χ4v) is 7.07. The Morgan fingerprint density at radius 2 is 1.88 bits per heavy atom. The van der Waals surface area contributed by atoms with E-state index in [1.807, 2.05) is 56.3 Å². The molecular weight excluding hydrogens is 526 g/mol. The number of aromatic nitrogens is 3. The molecule has 6 atom stereocenters. The second kappa shape index (κ2) is 10.4. The van der Waals surface area contributed by atoms with Gasteiger partial charge < -0.3 is 24.4 Å². The summed E-state index contributed by atoms with van der Waals surface area (Å²) in [5.41, 5.74) is -1.10. The lowest BCUT2D eigenvalue weighted by molar-refractivity contribution is -0.162. The Hall–Kier alpha value is -3.57. The highest BCUT2D eigenvalue weighted by Gasteiger charge is 2.75. The van der Waals surface area contributed by atoms with Crippen LogP contribution in [0.15, 0.2) is 48.6 Å². The van der Waals surface area contributed by atoms with Gasteiger partial charge in [0, 0.05) is 6.54 Å². The van der Waals surface area contributed by atoms with Crippen molar-refractivity contribution in [1.29, 1.82) is 0 Å². The van der Waals surface area contributed by atoms with Crippen LogP contribution in [-0.4, -0.2) is 90.7 Å². The van der Waals surface area contributed by atoms with E-state index in [2.05, 4.69) is 10.3 Å². The van der Waals surface area contributed by atoms with Gasteiger partial charge in [-0.15, -0.1) is 5.10 Å². The number of likely N-dealkylation sites (tertiary alicyclic amines) is 1. The van der Waals surface area contributed by atoms with Gasteiger partial charge in [0.1, 0.15) is 29.7 Å². The van der Waals surface area contributed by atoms with E-state index in [9.17, 15) is 19.5 Å². The van der Waals surface area contributed by atoms with Gasteiger partial charge in [-0.1, -0.05) is 55.5 Å². The predicted molar refractivity (Wildman–Crippen MR) is 148 cm³/mol. The summed E-state index contributed by atoms with van der Waals surface area (Å²) in [5.74, 6) is -3.33. The largest absolute Gasteiger partial charge is 0.465 e. The third-order valence-electron chi connectivity index (χ3n) is 9.06. The van der Waals surface area contributed by atoms with Crippen LogP contribution in [0.1, 0.15) is 40.0 Å². The quantitative estimate of drug-likeness (QED) is 0.433. The number of benzene rings is 1. The number of hydrogen-bond acceptors (Lipinski definition) is 8. The normalized spacial score (nSPS) is 33.4. The molecule has 41 heavy (non-hydrogen) atoms. The monoisotopic (exact) mass is 563 g/mol. The molecule has 1 aromatic carbocycles. The Morgan fingerprint density at radius 3 is 2.66 bits per heavy atom. The highest BCUT2D eigenvalue weighted by Crippen LogP contribution is 2.57. The van der Waals surface area contributed by atoms with Crippen LogP contribution in [0.2, 0.25) is 0 Å². The van der Waals surface area contributed by atoms with Gasteiger partial charge in [0.15, 0.2) is 0 Å². The van der Waals surface area contributed by atoms with Gasteiger partial charge in [-0.2, -0.15) is 0 Å². The molecule has 4 aliphatic heterocycles. The molecule has 2 aromatic rings. The molecule has 2 amide bonds. The zero-order chi connectivity index (χ0) is 28.9. The Balaban J connectivity index is 1.46. The van der Waals surface area contributed by atoms with Crippen molar-refractivity contribution in [2.45, 2.75) is 70.0 Å². The molecule has 2 fully saturated rings. The Labute approximate surface area is 238 Å². The first-order valence-electron chi connectivity index (χ1n) is 14.4. The molecular formula is C30H37N5O6. The molecule has 5 heterocycles. The number of allylic oxidation sites excluding steroid dienone is 1. The summed E-state index contributed by atoms with van der Waals surface area (Å²) in [4.78, 5) is 45.8. The number of esters is 1. The van der Waals surface area contributed by atoms with E-state index in [-0.39, 0.29) is 44.2 Å². The number of carbonyl (C=O) groups excluding carboxylic acids is 3.